The molecule has 8 rings (SSSR count). The van der Waals surface area contributed by atoms with Gasteiger partial charge < -0.3 is 19.3 Å². The zero-order chi connectivity index (χ0) is 47.4. The van der Waals surface area contributed by atoms with E-state index in [9.17, 15) is 45.5 Å². The minimum Gasteiger partial charge on any atom is -0.441 e. The van der Waals surface area contributed by atoms with E-state index >= 15 is 0 Å². The van der Waals surface area contributed by atoms with E-state index in [-0.39, 0.29) is 56.2 Å². The van der Waals surface area contributed by atoms with Crippen LogP contribution in [0.2, 0.25) is 0 Å². The van der Waals surface area contributed by atoms with Crippen molar-refractivity contribution in [3.63, 3.8) is 0 Å². The van der Waals surface area contributed by atoms with Crippen LogP contribution in [0.15, 0.2) is 103 Å². The Morgan fingerprint density at radius 3 is 1.45 bits per heavy atom. The van der Waals surface area contributed by atoms with Crippen LogP contribution in [-0.2, 0) is 21.8 Å². The molecule has 0 bridgehead atoms. The number of hydrogen-bond acceptors (Lipinski definition) is 7. The third-order valence-electron chi connectivity index (χ3n) is 12.9. The van der Waals surface area contributed by atoms with Crippen LogP contribution in [0.4, 0.5) is 35.9 Å². The molecule has 4 heterocycles. The van der Waals surface area contributed by atoms with Crippen LogP contribution >= 0.6 is 0 Å². The molecule has 4 saturated heterocycles. The van der Waals surface area contributed by atoms with Crippen LogP contribution in [0.3, 0.4) is 0 Å². The van der Waals surface area contributed by atoms with Gasteiger partial charge in [0.25, 0.3) is 11.8 Å². The summed E-state index contributed by atoms with van der Waals surface area (Å²) >= 11 is 0. The first kappa shape index (κ1) is 47.4. The molecule has 4 aliphatic heterocycles. The molecule has 4 aromatic rings. The normalized spacial score (nSPS) is 22.1. The monoisotopic (exact) mass is 917 g/mol. The summed E-state index contributed by atoms with van der Waals surface area (Å²) in [6.45, 7) is 5.97. The Morgan fingerprint density at radius 2 is 1.03 bits per heavy atom. The maximum absolute atomic E-state index is 13.2. The van der Waals surface area contributed by atoms with Crippen molar-refractivity contribution >= 4 is 24.0 Å². The highest BCUT2D eigenvalue weighted by Gasteiger charge is 2.49. The van der Waals surface area contributed by atoms with Gasteiger partial charge in [-0.05, 0) is 87.1 Å². The van der Waals surface area contributed by atoms with Crippen molar-refractivity contribution in [1.82, 2.24) is 19.6 Å². The quantitative estimate of drug-likeness (QED) is 0.176. The van der Waals surface area contributed by atoms with E-state index in [1.807, 2.05) is 79.4 Å². The number of amides is 4. The molecule has 0 unspecified atom stereocenters. The lowest BCUT2D eigenvalue weighted by atomic mass is 9.94. The molecule has 66 heavy (non-hydrogen) atoms. The number of alkyl halides is 6. The van der Waals surface area contributed by atoms with Crippen molar-refractivity contribution in [3.05, 3.63) is 142 Å². The lowest BCUT2D eigenvalue weighted by Crippen LogP contribution is -2.38. The molecular formula is C49H49F6N5O6. The maximum Gasteiger partial charge on any atom is 0.416 e. The Kier molecular flexibility index (Phi) is 13.7. The first-order valence-corrected chi connectivity index (χ1v) is 21.8. The summed E-state index contributed by atoms with van der Waals surface area (Å²) in [4.78, 5) is 57.7. The number of halogens is 6. The minimum atomic E-state index is -5.05. The predicted octanol–water partition coefficient (Wildman–Crippen LogP) is 10.4. The molecular weight excluding hydrogens is 869 g/mol. The third-order valence-corrected chi connectivity index (χ3v) is 12.9. The number of likely N-dealkylation sites (tertiary alicyclic amines) is 2. The molecule has 11 nitrogen and oxygen atoms in total. The van der Waals surface area contributed by atoms with E-state index in [0.29, 0.717) is 62.2 Å². The van der Waals surface area contributed by atoms with Gasteiger partial charge in [0.1, 0.15) is 11.2 Å². The molecule has 0 N–H and O–H groups in total. The second-order valence-electron chi connectivity index (χ2n) is 17.3. The Morgan fingerprint density at radius 1 is 0.591 bits per heavy atom. The van der Waals surface area contributed by atoms with E-state index in [1.54, 1.807) is 34.1 Å². The molecule has 4 amide bonds. The van der Waals surface area contributed by atoms with Gasteiger partial charge in [0, 0.05) is 50.1 Å². The van der Waals surface area contributed by atoms with Gasteiger partial charge in [-0.2, -0.15) is 31.6 Å². The fourth-order valence-electron chi connectivity index (χ4n) is 9.14. The van der Waals surface area contributed by atoms with Crippen molar-refractivity contribution in [1.29, 1.82) is 5.26 Å². The highest BCUT2D eigenvalue weighted by Crippen LogP contribution is 2.41. The zero-order valence-corrected chi connectivity index (χ0v) is 36.4. The average Bonchev–Trinajstić information content (AvgIpc) is 3.62. The first-order valence-electron chi connectivity index (χ1n) is 21.8. The minimum absolute atomic E-state index is 0.00529. The van der Waals surface area contributed by atoms with Crippen LogP contribution in [-0.4, -0.2) is 94.1 Å². The van der Waals surface area contributed by atoms with Gasteiger partial charge >= 0.3 is 24.5 Å². The standard InChI is InChI=1S/C25H24F6N2O3.C24H25N3O3/c1-16(17-6-3-2-4-7-17)33-15-23(36-22(33)35)8-5-10-32(11-9-23)21(34)18-12-19(24(26,27)28)14-20(13-18)25(29,30)31;1-18(20-8-3-2-4-9-20)27-17-24(30-23(27)29)11-6-13-26(14-12-24)22(28)21-10-5-7-19(15-21)16-25/h2-4,6-7,12-14,16H,5,8-11,15H2,1H3;2-5,7-10,15,18H,6,11-14,17H2,1H3/t16-,23+;18-,24-/m10/s1. The molecule has 0 aliphatic carbocycles. The number of nitrogens with zero attached hydrogens (tertiary/aromatic N) is 5. The summed E-state index contributed by atoms with van der Waals surface area (Å²) < 4.78 is 91.0. The first-order chi connectivity index (χ1) is 31.3. The Labute approximate surface area is 378 Å². The van der Waals surface area contributed by atoms with Crippen molar-refractivity contribution < 1.29 is 55.0 Å². The predicted molar refractivity (Wildman–Crippen MR) is 229 cm³/mol. The summed E-state index contributed by atoms with van der Waals surface area (Å²) in [5, 5.41) is 9.09. The lowest BCUT2D eigenvalue weighted by molar-refractivity contribution is -0.143. The molecule has 0 saturated carbocycles. The van der Waals surface area contributed by atoms with Gasteiger partial charge in [-0.3, -0.25) is 19.4 Å². The number of ether oxygens (including phenoxy) is 2. The van der Waals surface area contributed by atoms with Crippen molar-refractivity contribution in [2.45, 2.75) is 88.0 Å². The van der Waals surface area contributed by atoms with E-state index in [1.165, 1.54) is 4.90 Å². The largest absolute Gasteiger partial charge is 0.441 e. The summed E-state index contributed by atoms with van der Waals surface area (Å²) in [5.74, 6) is -1.01. The molecule has 17 heteroatoms. The van der Waals surface area contributed by atoms with E-state index in [4.69, 9.17) is 14.7 Å². The van der Waals surface area contributed by atoms with Gasteiger partial charge in [-0.15, -0.1) is 0 Å². The van der Waals surface area contributed by atoms with Gasteiger partial charge in [0.2, 0.25) is 0 Å². The Bertz CT molecular complexity index is 2430. The van der Waals surface area contributed by atoms with E-state index in [2.05, 4.69) is 6.07 Å². The molecule has 4 atom stereocenters. The van der Waals surface area contributed by atoms with Crippen LogP contribution in [0, 0.1) is 11.3 Å². The summed E-state index contributed by atoms with van der Waals surface area (Å²) in [7, 11) is 0. The van der Waals surface area contributed by atoms with Crippen LogP contribution < -0.4 is 0 Å². The number of rotatable bonds is 6. The smallest absolute Gasteiger partial charge is 0.416 e. The van der Waals surface area contributed by atoms with Gasteiger partial charge in [-0.25, -0.2) is 9.59 Å². The highest BCUT2D eigenvalue weighted by molar-refractivity contribution is 5.95. The fourth-order valence-corrected chi connectivity index (χ4v) is 9.14. The average molecular weight is 918 g/mol. The number of nitriles is 1. The Balaban J connectivity index is 0.000000199. The molecule has 0 aromatic heterocycles. The summed E-state index contributed by atoms with van der Waals surface area (Å²) in [6.07, 6.45) is -7.76. The van der Waals surface area contributed by atoms with Crippen LogP contribution in [0.1, 0.15) is 113 Å². The Hall–Kier alpha value is -6.57. The second kappa shape index (κ2) is 19.1. The molecule has 2 spiro atoms. The summed E-state index contributed by atoms with van der Waals surface area (Å²) in [5.41, 5.74) is -2.21. The number of hydrogen-bond donors (Lipinski definition) is 0. The maximum atomic E-state index is 13.2. The zero-order valence-electron chi connectivity index (χ0n) is 36.4. The van der Waals surface area contributed by atoms with Crippen LogP contribution in [0.25, 0.3) is 0 Å². The molecule has 348 valence electrons. The van der Waals surface area contributed by atoms with Crippen molar-refractivity contribution in [2.24, 2.45) is 0 Å². The molecule has 4 aromatic carbocycles. The number of carbonyl (C=O) groups is 4. The van der Waals surface area contributed by atoms with Crippen molar-refractivity contribution in [2.75, 3.05) is 39.3 Å². The molecule has 4 aliphatic rings. The van der Waals surface area contributed by atoms with Gasteiger partial charge in [0.05, 0.1) is 47.9 Å². The summed E-state index contributed by atoms with van der Waals surface area (Å²) in [6, 6.07) is 28.7. The number of carbonyl (C=O) groups excluding carboxylic acids is 4. The van der Waals surface area contributed by atoms with Crippen LogP contribution in [0.5, 0.6) is 0 Å². The van der Waals surface area contributed by atoms with E-state index < -0.39 is 52.2 Å². The second-order valence-corrected chi connectivity index (χ2v) is 17.3. The van der Waals surface area contributed by atoms with Gasteiger partial charge in [-0.1, -0.05) is 66.7 Å². The van der Waals surface area contributed by atoms with Gasteiger partial charge in [0.15, 0.2) is 0 Å². The van der Waals surface area contributed by atoms with E-state index in [0.717, 1.165) is 24.0 Å². The highest BCUT2D eigenvalue weighted by atomic mass is 19.4. The number of benzene rings is 4. The molecule has 0 radical (unpaired) electrons. The van der Waals surface area contributed by atoms with Crippen molar-refractivity contribution in [3.8, 4) is 6.07 Å². The lowest BCUT2D eigenvalue weighted by Gasteiger charge is -2.27. The fraction of sp³-hybridized carbons (Fsp3) is 0.408. The SMILES string of the molecule is C[C@@H](c1ccccc1)N1C[C@@]2(CCCN(C(=O)c3cccc(C#N)c3)CC2)OC1=O.C[C@H](c1ccccc1)N1C[C@@]2(CCCN(C(=O)c3cc(C(F)(F)F)cc(C(F)(F)F)c3)CC2)OC1=O. The molecule has 4 fully saturated rings. The topological polar surface area (TPSA) is 123 Å². The third kappa shape index (κ3) is 10.6.